The molecule has 1 N–H and O–H groups in total. The summed E-state index contributed by atoms with van der Waals surface area (Å²) in [6, 6.07) is 6.51. The molecule has 1 fully saturated rings. The molecule has 1 atom stereocenters. The van der Waals surface area contributed by atoms with Crippen molar-refractivity contribution < 1.29 is 9.47 Å². The molecule has 0 amide bonds. The number of hydrogen-bond acceptors (Lipinski definition) is 3. The van der Waals surface area contributed by atoms with Crippen molar-refractivity contribution in [1.82, 2.24) is 5.32 Å². The van der Waals surface area contributed by atoms with Crippen molar-refractivity contribution in [2.24, 2.45) is 0 Å². The summed E-state index contributed by atoms with van der Waals surface area (Å²) < 4.78 is 11.0. The molecule has 1 saturated heterocycles. The summed E-state index contributed by atoms with van der Waals surface area (Å²) >= 11 is 6.26. The van der Waals surface area contributed by atoms with Crippen molar-refractivity contribution in [2.45, 2.75) is 32.1 Å². The fourth-order valence-electron chi connectivity index (χ4n) is 2.16. The molecule has 1 aromatic carbocycles. The summed E-state index contributed by atoms with van der Waals surface area (Å²) in [7, 11) is 1.96. The number of hydrogen-bond donors (Lipinski definition) is 1. The van der Waals surface area contributed by atoms with E-state index in [4.69, 9.17) is 21.1 Å². The largest absolute Gasteiger partial charge is 0.350 e. The standard InChI is InChI=1S/C14H20ClNO2/c1-10-3-4-11(13(15)7-10)8-12(16-2)9-14-17-5-6-18-14/h3-4,7,12,14,16H,5-6,8-9H2,1-2H3. The van der Waals surface area contributed by atoms with Gasteiger partial charge in [0.15, 0.2) is 6.29 Å². The number of rotatable bonds is 5. The molecule has 1 aromatic rings. The van der Waals surface area contributed by atoms with Gasteiger partial charge in [-0.2, -0.15) is 0 Å². The highest BCUT2D eigenvalue weighted by atomic mass is 35.5. The maximum absolute atomic E-state index is 6.26. The first kappa shape index (κ1) is 13.8. The summed E-state index contributed by atoms with van der Waals surface area (Å²) in [5.74, 6) is 0. The van der Waals surface area contributed by atoms with Gasteiger partial charge in [-0.15, -0.1) is 0 Å². The second-order valence-electron chi connectivity index (χ2n) is 4.69. The van der Waals surface area contributed by atoms with Crippen molar-refractivity contribution in [2.75, 3.05) is 20.3 Å². The minimum absolute atomic E-state index is 0.0772. The van der Waals surface area contributed by atoms with Gasteiger partial charge in [-0.1, -0.05) is 23.7 Å². The van der Waals surface area contributed by atoms with Crippen LogP contribution in [-0.2, 0) is 15.9 Å². The highest BCUT2D eigenvalue weighted by Crippen LogP contribution is 2.21. The summed E-state index contributed by atoms with van der Waals surface area (Å²) in [5, 5.41) is 4.14. The van der Waals surface area contributed by atoms with E-state index in [1.165, 1.54) is 11.1 Å². The number of nitrogens with one attached hydrogen (secondary N) is 1. The van der Waals surface area contributed by atoms with Crippen LogP contribution < -0.4 is 5.32 Å². The van der Waals surface area contributed by atoms with Crippen LogP contribution in [0.1, 0.15) is 17.5 Å². The van der Waals surface area contributed by atoms with Crippen molar-refractivity contribution in [3.63, 3.8) is 0 Å². The van der Waals surface area contributed by atoms with Crippen molar-refractivity contribution in [1.29, 1.82) is 0 Å². The van der Waals surface area contributed by atoms with E-state index in [0.717, 1.165) is 17.9 Å². The van der Waals surface area contributed by atoms with Crippen LogP contribution in [0.2, 0.25) is 5.02 Å². The fourth-order valence-corrected chi connectivity index (χ4v) is 2.47. The van der Waals surface area contributed by atoms with Crippen LogP contribution in [0.4, 0.5) is 0 Å². The second kappa shape index (κ2) is 6.53. The summed E-state index contributed by atoms with van der Waals surface area (Å²) in [6.45, 7) is 3.45. The quantitative estimate of drug-likeness (QED) is 0.891. The van der Waals surface area contributed by atoms with Crippen LogP contribution in [0.3, 0.4) is 0 Å². The van der Waals surface area contributed by atoms with Gasteiger partial charge in [-0.25, -0.2) is 0 Å². The van der Waals surface area contributed by atoms with E-state index in [1.807, 2.05) is 20.0 Å². The number of ether oxygens (including phenoxy) is 2. The molecule has 0 radical (unpaired) electrons. The van der Waals surface area contributed by atoms with Gasteiger partial charge in [0.2, 0.25) is 0 Å². The molecule has 1 heterocycles. The van der Waals surface area contributed by atoms with Gasteiger partial charge in [0.05, 0.1) is 13.2 Å². The van der Waals surface area contributed by atoms with Crippen LogP contribution in [0, 0.1) is 6.92 Å². The smallest absolute Gasteiger partial charge is 0.159 e. The monoisotopic (exact) mass is 269 g/mol. The minimum atomic E-state index is -0.0772. The lowest BCUT2D eigenvalue weighted by atomic mass is 10.0. The molecule has 0 spiro atoms. The molecule has 1 unspecified atom stereocenters. The molecule has 0 aliphatic carbocycles. The van der Waals surface area contributed by atoms with Gasteiger partial charge in [-0.05, 0) is 37.6 Å². The highest BCUT2D eigenvalue weighted by molar-refractivity contribution is 6.31. The number of likely N-dealkylation sites (N-methyl/N-ethyl adjacent to an activating group) is 1. The Labute approximate surface area is 113 Å². The number of benzene rings is 1. The van der Waals surface area contributed by atoms with E-state index < -0.39 is 0 Å². The molecule has 1 aliphatic rings. The second-order valence-corrected chi connectivity index (χ2v) is 5.10. The van der Waals surface area contributed by atoms with Crippen LogP contribution in [-0.4, -0.2) is 32.6 Å². The molecule has 18 heavy (non-hydrogen) atoms. The molecule has 0 saturated carbocycles. The molecule has 0 aromatic heterocycles. The number of aryl methyl sites for hydroxylation is 1. The van der Waals surface area contributed by atoms with Crippen LogP contribution in [0.5, 0.6) is 0 Å². The van der Waals surface area contributed by atoms with Crippen LogP contribution >= 0.6 is 11.6 Å². The Balaban J connectivity index is 1.96. The summed E-state index contributed by atoms with van der Waals surface area (Å²) in [4.78, 5) is 0. The third kappa shape index (κ3) is 3.69. The Kier molecular flexibility index (Phi) is 5.01. The van der Waals surface area contributed by atoms with E-state index in [9.17, 15) is 0 Å². The zero-order valence-corrected chi connectivity index (χ0v) is 11.7. The van der Waals surface area contributed by atoms with E-state index >= 15 is 0 Å². The van der Waals surface area contributed by atoms with Gasteiger partial charge < -0.3 is 14.8 Å². The lowest BCUT2D eigenvalue weighted by molar-refractivity contribution is -0.0522. The van der Waals surface area contributed by atoms with Gasteiger partial charge in [0.1, 0.15) is 0 Å². The van der Waals surface area contributed by atoms with Gasteiger partial charge in [0, 0.05) is 17.5 Å². The maximum Gasteiger partial charge on any atom is 0.159 e. The predicted molar refractivity (Wildman–Crippen MR) is 73.0 cm³/mol. The molecular formula is C14H20ClNO2. The third-order valence-corrected chi connectivity index (χ3v) is 3.60. The molecule has 2 rings (SSSR count). The maximum atomic E-state index is 6.26. The average Bonchev–Trinajstić information content (AvgIpc) is 2.84. The first-order valence-electron chi connectivity index (χ1n) is 6.34. The third-order valence-electron chi connectivity index (χ3n) is 3.25. The first-order valence-corrected chi connectivity index (χ1v) is 6.72. The van der Waals surface area contributed by atoms with Gasteiger partial charge in [0.25, 0.3) is 0 Å². The minimum Gasteiger partial charge on any atom is -0.350 e. The summed E-state index contributed by atoms with van der Waals surface area (Å²) in [5.41, 5.74) is 2.35. The van der Waals surface area contributed by atoms with E-state index in [2.05, 4.69) is 17.4 Å². The Hall–Kier alpha value is -0.610. The van der Waals surface area contributed by atoms with Crippen molar-refractivity contribution in [3.8, 4) is 0 Å². The average molecular weight is 270 g/mol. The summed E-state index contributed by atoms with van der Waals surface area (Å²) in [6.07, 6.45) is 1.66. The lowest BCUT2D eigenvalue weighted by Crippen LogP contribution is -2.32. The van der Waals surface area contributed by atoms with Crippen molar-refractivity contribution >= 4 is 11.6 Å². The zero-order valence-electron chi connectivity index (χ0n) is 10.9. The normalized spacial score (nSPS) is 18.2. The Morgan fingerprint density at radius 3 is 2.72 bits per heavy atom. The zero-order chi connectivity index (χ0) is 13.0. The molecular weight excluding hydrogens is 250 g/mol. The van der Waals surface area contributed by atoms with Crippen LogP contribution in [0.15, 0.2) is 18.2 Å². The van der Waals surface area contributed by atoms with Gasteiger partial charge >= 0.3 is 0 Å². The predicted octanol–water partition coefficient (Wildman–Crippen LogP) is 2.54. The lowest BCUT2D eigenvalue weighted by Gasteiger charge is -2.20. The Bertz CT molecular complexity index is 391. The number of halogens is 1. The Morgan fingerprint density at radius 1 is 1.39 bits per heavy atom. The molecule has 0 bridgehead atoms. The molecule has 100 valence electrons. The molecule has 3 nitrogen and oxygen atoms in total. The van der Waals surface area contributed by atoms with Crippen LogP contribution in [0.25, 0.3) is 0 Å². The van der Waals surface area contributed by atoms with Crippen molar-refractivity contribution in [3.05, 3.63) is 34.3 Å². The highest BCUT2D eigenvalue weighted by Gasteiger charge is 2.21. The molecule has 1 aliphatic heterocycles. The Morgan fingerprint density at radius 2 is 2.11 bits per heavy atom. The topological polar surface area (TPSA) is 30.5 Å². The van der Waals surface area contributed by atoms with E-state index in [0.29, 0.717) is 19.3 Å². The van der Waals surface area contributed by atoms with Gasteiger partial charge in [-0.3, -0.25) is 0 Å². The SMILES string of the molecule is CNC(Cc1ccc(C)cc1Cl)CC1OCCO1. The first-order chi connectivity index (χ1) is 8.69. The fraction of sp³-hybridized carbons (Fsp3) is 0.571. The molecule has 4 heteroatoms. The van der Waals surface area contributed by atoms with E-state index in [-0.39, 0.29) is 6.29 Å². The van der Waals surface area contributed by atoms with E-state index in [1.54, 1.807) is 0 Å².